The summed E-state index contributed by atoms with van der Waals surface area (Å²) in [5, 5.41) is 4.47. The van der Waals surface area contributed by atoms with Crippen LogP contribution < -0.4 is 5.32 Å². The third kappa shape index (κ3) is 4.26. The van der Waals surface area contributed by atoms with Crippen LogP contribution in [0.15, 0.2) is 48.8 Å². The maximum atomic E-state index is 13.8. The summed E-state index contributed by atoms with van der Waals surface area (Å²) in [4.78, 5) is 13.7. The van der Waals surface area contributed by atoms with Crippen molar-refractivity contribution >= 4 is 16.7 Å². The van der Waals surface area contributed by atoms with Gasteiger partial charge in [0, 0.05) is 23.3 Å². The molecule has 4 rings (SSSR count). The molecule has 5 heteroatoms. The minimum absolute atomic E-state index is 0.190. The van der Waals surface area contributed by atoms with Gasteiger partial charge in [-0.3, -0.25) is 4.98 Å². The second-order valence-electron chi connectivity index (χ2n) is 7.84. The predicted octanol–water partition coefficient (Wildman–Crippen LogP) is 6.18. The second kappa shape index (κ2) is 8.80. The van der Waals surface area contributed by atoms with Gasteiger partial charge >= 0.3 is 0 Å². The number of halogens is 1. The number of pyridine rings is 1. The number of nitrogens with one attached hydrogen (secondary N) is 1. The van der Waals surface area contributed by atoms with Gasteiger partial charge in [-0.15, -0.1) is 0 Å². The molecule has 4 nitrogen and oxygen atoms in total. The molecule has 0 aliphatic carbocycles. The van der Waals surface area contributed by atoms with Crippen molar-refractivity contribution in [3.63, 3.8) is 0 Å². The first kappa shape index (κ1) is 20.9. The molecule has 0 aliphatic heterocycles. The Bertz CT molecular complexity index is 1250. The first-order chi connectivity index (χ1) is 15.0. The molecule has 0 aliphatic rings. The number of aryl methyl sites for hydroxylation is 4. The highest BCUT2D eigenvalue weighted by atomic mass is 19.1. The van der Waals surface area contributed by atoms with Crippen molar-refractivity contribution in [2.45, 2.75) is 47.1 Å². The van der Waals surface area contributed by atoms with E-state index in [2.05, 4.69) is 52.3 Å². The lowest BCUT2D eigenvalue weighted by Crippen LogP contribution is -2.07. The largest absolute Gasteiger partial charge is 0.365 e. The van der Waals surface area contributed by atoms with Gasteiger partial charge in [0.25, 0.3) is 0 Å². The number of aromatic nitrogens is 3. The number of hydrogen-bond donors (Lipinski definition) is 1. The summed E-state index contributed by atoms with van der Waals surface area (Å²) in [6.07, 6.45) is 3.35. The van der Waals surface area contributed by atoms with Crippen molar-refractivity contribution in [3.05, 3.63) is 82.7 Å². The molecule has 0 radical (unpaired) electrons. The van der Waals surface area contributed by atoms with Crippen LogP contribution in [0.5, 0.6) is 0 Å². The molecule has 0 amide bonds. The molecule has 0 saturated carbocycles. The zero-order valence-corrected chi connectivity index (χ0v) is 18.5. The normalized spacial score (nSPS) is 11.1. The number of hydrogen-bond acceptors (Lipinski definition) is 4. The van der Waals surface area contributed by atoms with Crippen LogP contribution >= 0.6 is 0 Å². The van der Waals surface area contributed by atoms with Crippen LogP contribution in [0.3, 0.4) is 0 Å². The van der Waals surface area contributed by atoms with Crippen molar-refractivity contribution in [3.8, 4) is 11.1 Å². The minimum atomic E-state index is -0.190. The Labute approximate surface area is 182 Å². The van der Waals surface area contributed by atoms with Gasteiger partial charge < -0.3 is 5.32 Å². The van der Waals surface area contributed by atoms with E-state index in [1.165, 1.54) is 11.6 Å². The highest BCUT2D eigenvalue weighted by Gasteiger charge is 2.12. The fourth-order valence-corrected chi connectivity index (χ4v) is 3.93. The van der Waals surface area contributed by atoms with E-state index >= 15 is 0 Å². The Balaban J connectivity index is 1.76. The van der Waals surface area contributed by atoms with E-state index in [1.54, 1.807) is 13.3 Å². The summed E-state index contributed by atoms with van der Waals surface area (Å²) in [5.41, 5.74) is 8.05. The number of anilines is 1. The third-order valence-corrected chi connectivity index (χ3v) is 5.68. The Morgan fingerprint density at radius 1 is 0.871 bits per heavy atom. The molecule has 4 aromatic rings. The van der Waals surface area contributed by atoms with E-state index in [0.717, 1.165) is 57.6 Å². The fourth-order valence-electron chi connectivity index (χ4n) is 3.93. The van der Waals surface area contributed by atoms with E-state index in [4.69, 9.17) is 0 Å². The zero-order chi connectivity index (χ0) is 22.0. The Morgan fingerprint density at radius 3 is 2.45 bits per heavy atom. The van der Waals surface area contributed by atoms with Gasteiger partial charge in [0.2, 0.25) is 0 Å². The number of benzene rings is 2. The molecule has 1 N–H and O–H groups in total. The highest BCUT2D eigenvalue weighted by Crippen LogP contribution is 2.31. The SMILES string of the molecule is CCc1nc(C)ccc1CNc1ncnc2c(CC)cc(-c3ccc(F)c(C)c3)cc12. The van der Waals surface area contributed by atoms with Gasteiger partial charge in [0.15, 0.2) is 0 Å². The van der Waals surface area contributed by atoms with E-state index < -0.39 is 0 Å². The summed E-state index contributed by atoms with van der Waals surface area (Å²) < 4.78 is 13.8. The van der Waals surface area contributed by atoms with Gasteiger partial charge in [-0.2, -0.15) is 0 Å². The van der Waals surface area contributed by atoms with E-state index in [9.17, 15) is 4.39 Å². The fraction of sp³-hybridized carbons (Fsp3) is 0.269. The van der Waals surface area contributed by atoms with Crippen molar-refractivity contribution in [1.82, 2.24) is 15.0 Å². The topological polar surface area (TPSA) is 50.7 Å². The second-order valence-corrected chi connectivity index (χ2v) is 7.84. The van der Waals surface area contributed by atoms with E-state index in [0.29, 0.717) is 12.1 Å². The Morgan fingerprint density at radius 2 is 1.71 bits per heavy atom. The van der Waals surface area contributed by atoms with Crippen LogP contribution in [-0.2, 0) is 19.4 Å². The molecular weight excluding hydrogens is 387 g/mol. The molecule has 31 heavy (non-hydrogen) atoms. The summed E-state index contributed by atoms with van der Waals surface area (Å²) in [6, 6.07) is 13.6. The van der Waals surface area contributed by atoms with Crippen LogP contribution in [0.2, 0.25) is 0 Å². The highest BCUT2D eigenvalue weighted by molar-refractivity contribution is 5.94. The van der Waals surface area contributed by atoms with Gasteiger partial charge in [0.05, 0.1) is 5.52 Å². The van der Waals surface area contributed by atoms with Crippen LogP contribution in [0.25, 0.3) is 22.0 Å². The van der Waals surface area contributed by atoms with Crippen molar-refractivity contribution in [2.24, 2.45) is 0 Å². The molecule has 2 aromatic heterocycles. The summed E-state index contributed by atoms with van der Waals surface area (Å²) in [5.74, 6) is 0.604. The van der Waals surface area contributed by atoms with Gasteiger partial charge in [-0.1, -0.05) is 26.0 Å². The van der Waals surface area contributed by atoms with Crippen LogP contribution in [0.1, 0.15) is 41.9 Å². The van der Waals surface area contributed by atoms with Crippen molar-refractivity contribution in [1.29, 1.82) is 0 Å². The molecule has 0 unspecified atom stereocenters. The quantitative estimate of drug-likeness (QED) is 0.409. The third-order valence-electron chi connectivity index (χ3n) is 5.68. The smallest absolute Gasteiger partial charge is 0.137 e. The summed E-state index contributed by atoms with van der Waals surface area (Å²) >= 11 is 0. The van der Waals surface area contributed by atoms with E-state index in [1.807, 2.05) is 25.1 Å². The number of rotatable bonds is 6. The first-order valence-electron chi connectivity index (χ1n) is 10.7. The summed E-state index contributed by atoms with van der Waals surface area (Å²) in [6.45, 7) is 8.69. The lowest BCUT2D eigenvalue weighted by Gasteiger charge is -2.14. The summed E-state index contributed by atoms with van der Waals surface area (Å²) in [7, 11) is 0. The van der Waals surface area contributed by atoms with E-state index in [-0.39, 0.29) is 5.82 Å². The number of nitrogens with zero attached hydrogens (tertiary/aromatic N) is 3. The maximum absolute atomic E-state index is 13.8. The lowest BCUT2D eigenvalue weighted by molar-refractivity contribution is 0.619. The minimum Gasteiger partial charge on any atom is -0.365 e. The molecule has 0 bridgehead atoms. The van der Waals surface area contributed by atoms with Crippen molar-refractivity contribution in [2.75, 3.05) is 5.32 Å². The van der Waals surface area contributed by atoms with Gasteiger partial charge in [-0.05, 0) is 84.8 Å². The molecular formula is C26H27FN4. The van der Waals surface area contributed by atoms with Gasteiger partial charge in [-0.25, -0.2) is 14.4 Å². The van der Waals surface area contributed by atoms with Crippen LogP contribution in [0, 0.1) is 19.7 Å². The molecule has 0 spiro atoms. The average Bonchev–Trinajstić information content (AvgIpc) is 2.79. The van der Waals surface area contributed by atoms with Crippen molar-refractivity contribution < 1.29 is 4.39 Å². The average molecular weight is 415 g/mol. The molecule has 0 fully saturated rings. The van der Waals surface area contributed by atoms with Gasteiger partial charge in [0.1, 0.15) is 18.0 Å². The molecule has 2 heterocycles. The predicted molar refractivity (Wildman–Crippen MR) is 125 cm³/mol. The molecule has 2 aromatic carbocycles. The monoisotopic (exact) mass is 414 g/mol. The lowest BCUT2D eigenvalue weighted by atomic mass is 9.97. The Kier molecular flexibility index (Phi) is 5.94. The zero-order valence-electron chi connectivity index (χ0n) is 18.5. The Hall–Kier alpha value is -3.34. The first-order valence-corrected chi connectivity index (χ1v) is 10.7. The van der Waals surface area contributed by atoms with Crippen LogP contribution in [-0.4, -0.2) is 15.0 Å². The van der Waals surface area contributed by atoms with Crippen LogP contribution in [0.4, 0.5) is 10.2 Å². The molecule has 0 saturated heterocycles. The molecule has 0 atom stereocenters. The maximum Gasteiger partial charge on any atom is 0.137 e. The standard InChI is InChI=1S/C26H27FN4/c1-5-18-12-21(19-9-10-23(27)16(3)11-19)13-22-25(18)29-15-30-26(22)28-14-20-8-7-17(4)31-24(20)6-2/h7-13,15H,5-6,14H2,1-4H3,(H,28,29,30). The molecule has 158 valence electrons. The number of fused-ring (bicyclic) bond motifs is 1.